The monoisotopic (exact) mass is 299 g/mol. The minimum Gasteiger partial charge on any atom is -0.479 e. The third-order valence-corrected chi connectivity index (χ3v) is 2.59. The molecule has 7 heteroatoms. The first kappa shape index (κ1) is 16.1. The number of ether oxygens (including phenoxy) is 1. The van der Waals surface area contributed by atoms with E-state index in [1.165, 1.54) is 6.07 Å². The van der Waals surface area contributed by atoms with Gasteiger partial charge in [-0.2, -0.15) is 0 Å². The van der Waals surface area contributed by atoms with Crippen LogP contribution in [0.3, 0.4) is 0 Å². The summed E-state index contributed by atoms with van der Waals surface area (Å²) < 4.78 is 19.0. The molecule has 1 aromatic carbocycles. The molecule has 20 heavy (non-hydrogen) atoms. The number of nitrogens with zero attached hydrogens (tertiary/aromatic N) is 1. The molecule has 0 fully saturated rings. The molecule has 0 radical (unpaired) electrons. The average Bonchev–Trinajstić information content (AvgIpc) is 2.40. The molecule has 0 aliphatic rings. The smallest absolute Gasteiger partial charge is 0.148 e. The summed E-state index contributed by atoms with van der Waals surface area (Å²) in [5, 5.41) is 12.7. The van der Waals surface area contributed by atoms with E-state index in [0.29, 0.717) is 0 Å². The van der Waals surface area contributed by atoms with Gasteiger partial charge in [-0.1, -0.05) is 24.1 Å². The number of aliphatic hydroxyl groups excluding tert-OH is 1. The third-order valence-electron chi connectivity index (χ3n) is 2.30. The first-order chi connectivity index (χ1) is 9.49. The predicted octanol–water partition coefficient (Wildman–Crippen LogP) is 1.54. The molecule has 4 N–H and O–H groups in total. The highest BCUT2D eigenvalue weighted by Crippen LogP contribution is 2.31. The van der Waals surface area contributed by atoms with Gasteiger partial charge in [-0.25, -0.2) is 10.2 Å². The van der Waals surface area contributed by atoms with E-state index >= 15 is 0 Å². The lowest BCUT2D eigenvalue weighted by Gasteiger charge is -2.21. The lowest BCUT2D eigenvalue weighted by molar-refractivity contribution is 0.230. The van der Waals surface area contributed by atoms with Gasteiger partial charge < -0.3 is 15.2 Å². The van der Waals surface area contributed by atoms with Crippen LogP contribution in [-0.4, -0.2) is 29.9 Å². The summed E-state index contributed by atoms with van der Waals surface area (Å²) in [4.78, 5) is 0. The van der Waals surface area contributed by atoms with Gasteiger partial charge in [-0.05, 0) is 6.07 Å². The van der Waals surface area contributed by atoms with Crippen molar-refractivity contribution in [3.63, 3.8) is 0 Å². The molecule has 1 aromatic rings. The molecule has 0 saturated carbocycles. The minimum absolute atomic E-state index is 0.0132. The number of rotatable bonds is 7. The molecule has 5 nitrogen and oxygen atoms in total. The van der Waals surface area contributed by atoms with E-state index in [4.69, 9.17) is 33.7 Å². The molecule has 0 atom stereocenters. The molecule has 0 saturated heterocycles. The van der Waals surface area contributed by atoms with Crippen LogP contribution in [0, 0.1) is 18.2 Å². The number of nitrogens with two attached hydrogens (primary N) is 1. The molecule has 108 valence electrons. The van der Waals surface area contributed by atoms with Gasteiger partial charge in [-0.15, -0.1) is 6.42 Å². The number of halogens is 2. The van der Waals surface area contributed by atoms with Crippen LogP contribution in [0.1, 0.15) is 0 Å². The van der Waals surface area contributed by atoms with Crippen molar-refractivity contribution in [1.29, 1.82) is 0 Å². The van der Waals surface area contributed by atoms with Crippen LogP contribution < -0.4 is 15.9 Å². The maximum atomic E-state index is 13.8. The fourth-order valence-corrected chi connectivity index (χ4v) is 1.53. The van der Waals surface area contributed by atoms with E-state index < -0.39 is 5.82 Å². The zero-order valence-electron chi connectivity index (χ0n) is 10.7. The van der Waals surface area contributed by atoms with Gasteiger partial charge in [0.1, 0.15) is 24.0 Å². The Morgan fingerprint density at radius 1 is 1.65 bits per heavy atom. The summed E-state index contributed by atoms with van der Waals surface area (Å²) in [6.45, 7) is 3.64. The molecule has 1 rings (SSSR count). The van der Waals surface area contributed by atoms with Crippen molar-refractivity contribution in [2.75, 3.05) is 25.1 Å². The number of terminal acetylenes is 1. The second kappa shape index (κ2) is 7.60. The molecule has 0 bridgehead atoms. The van der Waals surface area contributed by atoms with Gasteiger partial charge >= 0.3 is 0 Å². The highest BCUT2D eigenvalue weighted by Gasteiger charge is 2.12. The zero-order valence-corrected chi connectivity index (χ0v) is 11.5. The number of benzene rings is 1. The van der Waals surface area contributed by atoms with Gasteiger partial charge in [0.05, 0.1) is 23.9 Å². The Morgan fingerprint density at radius 3 is 2.95 bits per heavy atom. The molecular formula is C13H15ClFN3O2. The number of hydrazine groups is 1. The number of nitrogens with one attached hydrogen (secondary N) is 1. The second-order valence-corrected chi connectivity index (χ2v) is 4.15. The van der Waals surface area contributed by atoms with Crippen molar-refractivity contribution in [2.24, 2.45) is 5.84 Å². The molecule has 0 aliphatic carbocycles. The van der Waals surface area contributed by atoms with Gasteiger partial charge in [0.2, 0.25) is 0 Å². The van der Waals surface area contributed by atoms with Gasteiger partial charge in [-0.3, -0.25) is 5.01 Å². The Morgan fingerprint density at radius 2 is 2.35 bits per heavy atom. The van der Waals surface area contributed by atoms with Gasteiger partial charge in [0.25, 0.3) is 0 Å². The fourth-order valence-electron chi connectivity index (χ4n) is 1.32. The molecule has 0 spiro atoms. The standard InChI is InChI=1S/C13H15ClFN3O2/c1-3-6-20-13-8-12(11(15)7-10(13)14)17-9(2)18(16)4-5-19/h1,7-8,17,19H,2,4-6,16H2. The van der Waals surface area contributed by atoms with Crippen LogP contribution in [-0.2, 0) is 0 Å². The Labute approximate surface area is 121 Å². The summed E-state index contributed by atoms with van der Waals surface area (Å²) in [7, 11) is 0. The molecule has 0 amide bonds. The fraction of sp³-hybridized carbons (Fsp3) is 0.231. The van der Waals surface area contributed by atoms with Crippen LogP contribution >= 0.6 is 11.6 Å². The van der Waals surface area contributed by atoms with E-state index in [9.17, 15) is 4.39 Å². The van der Waals surface area contributed by atoms with Crippen molar-refractivity contribution in [3.05, 3.63) is 35.4 Å². The predicted molar refractivity (Wildman–Crippen MR) is 76.5 cm³/mol. The van der Waals surface area contributed by atoms with Crippen LogP contribution in [0.25, 0.3) is 0 Å². The molecule has 0 aliphatic heterocycles. The van der Waals surface area contributed by atoms with Crippen LogP contribution in [0.5, 0.6) is 5.75 Å². The van der Waals surface area contributed by atoms with Crippen molar-refractivity contribution in [1.82, 2.24) is 5.01 Å². The second-order valence-electron chi connectivity index (χ2n) is 3.74. The van der Waals surface area contributed by atoms with Crippen molar-refractivity contribution < 1.29 is 14.2 Å². The number of hydrogen-bond acceptors (Lipinski definition) is 5. The average molecular weight is 300 g/mol. The first-order valence-corrected chi connectivity index (χ1v) is 6.01. The summed E-state index contributed by atoms with van der Waals surface area (Å²) in [6, 6.07) is 2.45. The van der Waals surface area contributed by atoms with E-state index in [2.05, 4.69) is 17.8 Å². The summed E-state index contributed by atoms with van der Waals surface area (Å²) in [6.07, 6.45) is 5.08. The van der Waals surface area contributed by atoms with Gasteiger partial charge in [0.15, 0.2) is 0 Å². The lowest BCUT2D eigenvalue weighted by atomic mass is 10.3. The quantitative estimate of drug-likeness (QED) is 0.405. The van der Waals surface area contributed by atoms with Crippen molar-refractivity contribution in [3.8, 4) is 18.1 Å². The summed E-state index contributed by atoms with van der Waals surface area (Å²) >= 11 is 5.83. The van der Waals surface area contributed by atoms with Gasteiger partial charge in [0, 0.05) is 6.07 Å². The maximum Gasteiger partial charge on any atom is 0.148 e. The largest absolute Gasteiger partial charge is 0.479 e. The topological polar surface area (TPSA) is 70.8 Å². The highest BCUT2D eigenvalue weighted by molar-refractivity contribution is 6.32. The van der Waals surface area contributed by atoms with E-state index in [1.54, 1.807) is 0 Å². The van der Waals surface area contributed by atoms with Crippen LogP contribution in [0.4, 0.5) is 10.1 Å². The Balaban J connectivity index is 2.89. The Hall–Kier alpha value is -1.94. The molecular weight excluding hydrogens is 285 g/mol. The highest BCUT2D eigenvalue weighted by atomic mass is 35.5. The first-order valence-electron chi connectivity index (χ1n) is 5.64. The normalized spacial score (nSPS) is 9.75. The molecule has 0 unspecified atom stereocenters. The van der Waals surface area contributed by atoms with E-state index in [1.807, 2.05) is 0 Å². The number of hydrogen-bond donors (Lipinski definition) is 3. The van der Waals surface area contributed by atoms with Crippen LogP contribution in [0.15, 0.2) is 24.5 Å². The van der Waals surface area contributed by atoms with E-state index in [0.717, 1.165) is 11.1 Å². The number of anilines is 1. The third kappa shape index (κ3) is 4.31. The SMILES string of the molecule is C#CCOc1cc(NC(=C)N(N)CCO)c(F)cc1Cl. The Kier molecular flexibility index (Phi) is 6.12. The Bertz CT molecular complexity index is 531. The minimum atomic E-state index is -0.596. The zero-order chi connectivity index (χ0) is 15.1. The van der Waals surface area contributed by atoms with Crippen LogP contribution in [0.2, 0.25) is 5.02 Å². The maximum absolute atomic E-state index is 13.8. The molecule has 0 aromatic heterocycles. The summed E-state index contributed by atoms with van der Waals surface area (Å²) in [5.41, 5.74) is 0.0832. The lowest BCUT2D eigenvalue weighted by Crippen LogP contribution is -2.35. The number of aliphatic hydroxyl groups is 1. The van der Waals surface area contributed by atoms with Crippen molar-refractivity contribution >= 4 is 17.3 Å². The molecule has 0 heterocycles. The summed E-state index contributed by atoms with van der Waals surface area (Å²) in [5.74, 6) is 7.72. The van der Waals surface area contributed by atoms with E-state index in [-0.39, 0.29) is 42.0 Å². The van der Waals surface area contributed by atoms with Crippen molar-refractivity contribution in [2.45, 2.75) is 0 Å².